The van der Waals surface area contributed by atoms with Crippen LogP contribution in [0.4, 0.5) is 10.7 Å². The van der Waals surface area contributed by atoms with Crippen LogP contribution >= 0.6 is 0 Å². The number of aromatic nitrogens is 4. The average molecular weight is 398 g/mol. The molecule has 0 atom stereocenters. The summed E-state index contributed by atoms with van der Waals surface area (Å²) >= 11 is 0. The topological polar surface area (TPSA) is 96.5 Å². The first kappa shape index (κ1) is 19.0. The Morgan fingerprint density at radius 1 is 1.28 bits per heavy atom. The molecule has 1 saturated heterocycles. The van der Waals surface area contributed by atoms with Crippen LogP contribution in [-0.4, -0.2) is 70.8 Å². The monoisotopic (exact) mass is 398 g/mol. The number of anilines is 1. The number of nitrogens with zero attached hydrogens (tertiary/aromatic N) is 5. The Hall–Kier alpha value is -3.36. The lowest BCUT2D eigenvalue weighted by Gasteiger charge is -2.21. The standard InChI is InChI=1S/C20H24N6O3.H2/c1-3-29-20(27)26-8-4-7-25(9-10-26)19-21-6-5-17(24-19)16-13-23-18-15(16)11-14(28-2)12-22-18;/h5-6,11-13H,3-4,7-10H2,1-2H3,(H,22,23);1H. The molecule has 0 saturated carbocycles. The predicted octanol–water partition coefficient (Wildman–Crippen LogP) is 2.94. The Labute approximate surface area is 170 Å². The maximum Gasteiger partial charge on any atom is 0.409 e. The van der Waals surface area contributed by atoms with Gasteiger partial charge in [-0.2, -0.15) is 0 Å². The number of hydrogen-bond donors (Lipinski definition) is 1. The van der Waals surface area contributed by atoms with Crippen LogP contribution < -0.4 is 9.64 Å². The molecule has 4 rings (SSSR count). The first-order chi connectivity index (χ1) is 14.2. The molecule has 0 spiro atoms. The van der Waals surface area contributed by atoms with Gasteiger partial charge in [-0.05, 0) is 25.5 Å². The second-order valence-electron chi connectivity index (χ2n) is 6.74. The summed E-state index contributed by atoms with van der Waals surface area (Å²) in [7, 11) is 1.62. The van der Waals surface area contributed by atoms with Gasteiger partial charge in [0.25, 0.3) is 0 Å². The van der Waals surface area contributed by atoms with E-state index >= 15 is 0 Å². The molecule has 4 heterocycles. The molecule has 29 heavy (non-hydrogen) atoms. The molecule has 3 aromatic heterocycles. The van der Waals surface area contributed by atoms with E-state index in [9.17, 15) is 4.79 Å². The lowest BCUT2D eigenvalue weighted by molar-refractivity contribution is 0.110. The van der Waals surface area contributed by atoms with Crippen molar-refractivity contribution >= 4 is 23.1 Å². The van der Waals surface area contributed by atoms with Gasteiger partial charge in [-0.1, -0.05) is 0 Å². The second kappa shape index (κ2) is 8.34. The lowest BCUT2D eigenvalue weighted by Crippen LogP contribution is -2.36. The highest BCUT2D eigenvalue weighted by Gasteiger charge is 2.21. The maximum absolute atomic E-state index is 12.0. The molecule has 1 N–H and O–H groups in total. The van der Waals surface area contributed by atoms with Gasteiger partial charge in [0.1, 0.15) is 11.4 Å². The molecule has 1 aliphatic heterocycles. The fraction of sp³-hybridized carbons (Fsp3) is 0.400. The minimum absolute atomic E-state index is 0. The van der Waals surface area contributed by atoms with Crippen LogP contribution in [0.3, 0.4) is 0 Å². The van der Waals surface area contributed by atoms with Crippen LogP contribution in [0.5, 0.6) is 5.75 Å². The van der Waals surface area contributed by atoms with Crippen molar-refractivity contribution in [3.8, 4) is 17.0 Å². The molecule has 1 amide bonds. The number of H-pyrrole nitrogens is 1. The van der Waals surface area contributed by atoms with Gasteiger partial charge in [0, 0.05) is 50.9 Å². The number of carbonyl (C=O) groups excluding carboxylic acids is 1. The third-order valence-corrected chi connectivity index (χ3v) is 4.97. The highest BCUT2D eigenvalue weighted by atomic mass is 16.6. The van der Waals surface area contributed by atoms with Crippen molar-refractivity contribution in [1.82, 2.24) is 24.8 Å². The van der Waals surface area contributed by atoms with Crippen molar-refractivity contribution in [2.75, 3.05) is 44.8 Å². The van der Waals surface area contributed by atoms with Crippen molar-refractivity contribution < 1.29 is 15.7 Å². The number of nitrogens with one attached hydrogen (secondary N) is 1. The number of pyridine rings is 1. The van der Waals surface area contributed by atoms with Gasteiger partial charge in [0.2, 0.25) is 5.95 Å². The Bertz CT molecular complexity index is 1010. The van der Waals surface area contributed by atoms with Crippen molar-refractivity contribution in [2.45, 2.75) is 13.3 Å². The van der Waals surface area contributed by atoms with E-state index in [0.717, 1.165) is 35.3 Å². The molecule has 0 unspecified atom stereocenters. The first-order valence-electron chi connectivity index (χ1n) is 9.70. The van der Waals surface area contributed by atoms with Crippen molar-refractivity contribution in [2.24, 2.45) is 0 Å². The number of rotatable bonds is 4. The number of fused-ring (bicyclic) bond motifs is 1. The Kier molecular flexibility index (Phi) is 5.46. The number of carbonyl (C=O) groups is 1. The molecule has 1 fully saturated rings. The summed E-state index contributed by atoms with van der Waals surface area (Å²) in [5.74, 6) is 1.35. The number of aromatic amines is 1. The Morgan fingerprint density at radius 2 is 2.17 bits per heavy atom. The summed E-state index contributed by atoms with van der Waals surface area (Å²) in [5.41, 5.74) is 2.53. The van der Waals surface area contributed by atoms with Crippen molar-refractivity contribution in [3.05, 3.63) is 30.7 Å². The molecule has 3 aromatic rings. The number of hydrogen-bond acceptors (Lipinski definition) is 7. The van der Waals surface area contributed by atoms with E-state index in [2.05, 4.69) is 19.9 Å². The summed E-state index contributed by atoms with van der Waals surface area (Å²) < 4.78 is 10.4. The molecule has 154 valence electrons. The van der Waals surface area contributed by atoms with E-state index in [4.69, 9.17) is 14.5 Å². The summed E-state index contributed by atoms with van der Waals surface area (Å²) in [5, 5.41) is 0.943. The molecule has 0 bridgehead atoms. The van der Waals surface area contributed by atoms with E-state index in [-0.39, 0.29) is 7.52 Å². The average Bonchev–Trinajstić information content (AvgIpc) is 3.01. The Balaban J connectivity index is 0.00000256. The fourth-order valence-corrected chi connectivity index (χ4v) is 3.47. The molecular formula is C20H26N6O3. The zero-order chi connectivity index (χ0) is 20.2. The molecule has 1 aliphatic rings. The summed E-state index contributed by atoms with van der Waals surface area (Å²) in [6, 6.07) is 3.83. The summed E-state index contributed by atoms with van der Waals surface area (Å²) in [6.45, 7) is 4.89. The van der Waals surface area contributed by atoms with Crippen LogP contribution in [0.1, 0.15) is 14.8 Å². The van der Waals surface area contributed by atoms with Crippen LogP contribution in [0.15, 0.2) is 30.7 Å². The van der Waals surface area contributed by atoms with E-state index in [1.807, 2.05) is 25.3 Å². The molecule has 0 aliphatic carbocycles. The molecule has 9 heteroatoms. The molecule has 0 radical (unpaired) electrons. The zero-order valence-electron chi connectivity index (χ0n) is 16.6. The minimum atomic E-state index is -0.260. The number of ether oxygens (including phenoxy) is 2. The van der Waals surface area contributed by atoms with Gasteiger partial charge >= 0.3 is 6.09 Å². The minimum Gasteiger partial charge on any atom is -0.495 e. The van der Waals surface area contributed by atoms with Crippen LogP contribution in [0, 0.1) is 0 Å². The van der Waals surface area contributed by atoms with Gasteiger partial charge in [0.15, 0.2) is 0 Å². The fourth-order valence-electron chi connectivity index (χ4n) is 3.47. The highest BCUT2D eigenvalue weighted by Crippen LogP contribution is 2.29. The third kappa shape index (κ3) is 3.94. The quantitative estimate of drug-likeness (QED) is 0.722. The zero-order valence-corrected chi connectivity index (χ0v) is 16.6. The van der Waals surface area contributed by atoms with Gasteiger partial charge in [-0.3, -0.25) is 0 Å². The smallest absolute Gasteiger partial charge is 0.409 e. The molecular weight excluding hydrogens is 372 g/mol. The van der Waals surface area contributed by atoms with Crippen LogP contribution in [0.25, 0.3) is 22.3 Å². The van der Waals surface area contributed by atoms with E-state index in [0.29, 0.717) is 37.9 Å². The summed E-state index contributed by atoms with van der Waals surface area (Å²) in [4.78, 5) is 32.7. The maximum atomic E-state index is 12.0. The first-order valence-corrected chi connectivity index (χ1v) is 9.70. The number of amides is 1. The van der Waals surface area contributed by atoms with Crippen molar-refractivity contribution in [3.63, 3.8) is 0 Å². The number of methoxy groups -OCH3 is 1. The highest BCUT2D eigenvalue weighted by molar-refractivity contribution is 5.93. The predicted molar refractivity (Wildman–Crippen MR) is 111 cm³/mol. The van der Waals surface area contributed by atoms with E-state index in [1.54, 1.807) is 24.4 Å². The Morgan fingerprint density at radius 3 is 3.00 bits per heavy atom. The van der Waals surface area contributed by atoms with Gasteiger partial charge in [-0.15, -0.1) is 0 Å². The lowest BCUT2D eigenvalue weighted by atomic mass is 10.1. The molecule has 9 nitrogen and oxygen atoms in total. The third-order valence-electron chi connectivity index (χ3n) is 4.97. The summed E-state index contributed by atoms with van der Waals surface area (Å²) in [6.07, 6.45) is 5.91. The van der Waals surface area contributed by atoms with E-state index < -0.39 is 0 Å². The SMILES string of the molecule is CCOC(=O)N1CCCN(c2nccc(-c3c[nH]c4ncc(OC)cc34)n2)CC1.[HH]. The van der Waals surface area contributed by atoms with Gasteiger partial charge < -0.3 is 24.3 Å². The van der Waals surface area contributed by atoms with Gasteiger partial charge in [0.05, 0.1) is 25.6 Å². The molecule has 0 aromatic carbocycles. The van der Waals surface area contributed by atoms with Gasteiger partial charge in [-0.25, -0.2) is 19.7 Å². The van der Waals surface area contributed by atoms with E-state index in [1.165, 1.54) is 0 Å². The van der Waals surface area contributed by atoms with Crippen molar-refractivity contribution in [1.29, 1.82) is 0 Å². The second-order valence-corrected chi connectivity index (χ2v) is 6.74. The van der Waals surface area contributed by atoms with Crippen LogP contribution in [-0.2, 0) is 4.74 Å². The van der Waals surface area contributed by atoms with Crippen LogP contribution in [0.2, 0.25) is 0 Å². The normalized spacial score (nSPS) is 14.7. The largest absolute Gasteiger partial charge is 0.495 e.